The second kappa shape index (κ2) is 6.78. The lowest BCUT2D eigenvalue weighted by Gasteiger charge is -2.23. The minimum Gasteiger partial charge on any atom is -0.478 e. The largest absolute Gasteiger partial charge is 0.478 e. The number of hydrogen-bond acceptors (Lipinski definition) is 3. The quantitative estimate of drug-likeness (QED) is 0.867. The summed E-state index contributed by atoms with van der Waals surface area (Å²) in [6, 6.07) is 10.5. The number of carboxylic acids is 1. The third kappa shape index (κ3) is 4.60. The van der Waals surface area contributed by atoms with E-state index in [2.05, 4.69) is 0 Å². The predicted octanol–water partition coefficient (Wildman–Crippen LogP) is 3.66. The number of nitrogens with zero attached hydrogens (tertiary/aromatic N) is 1. The van der Waals surface area contributed by atoms with Crippen molar-refractivity contribution in [2.75, 3.05) is 10.6 Å². The highest BCUT2D eigenvalue weighted by Crippen LogP contribution is 2.28. The predicted molar refractivity (Wildman–Crippen MR) is 90.9 cm³/mol. The number of anilines is 1. The van der Waals surface area contributed by atoms with E-state index in [-0.39, 0.29) is 12.1 Å². The molecular weight excluding hydrogens is 361 g/mol. The van der Waals surface area contributed by atoms with Crippen LogP contribution >= 0.6 is 23.2 Å². The molecule has 0 bridgehead atoms. The van der Waals surface area contributed by atoms with Crippen molar-refractivity contribution in [3.8, 4) is 0 Å². The van der Waals surface area contributed by atoms with E-state index in [0.29, 0.717) is 21.3 Å². The van der Waals surface area contributed by atoms with E-state index in [1.165, 1.54) is 30.3 Å². The molecule has 122 valence electrons. The molecule has 0 spiro atoms. The maximum atomic E-state index is 12.1. The molecule has 0 aromatic heterocycles. The Morgan fingerprint density at radius 3 is 2.04 bits per heavy atom. The molecule has 0 saturated carbocycles. The lowest BCUT2D eigenvalue weighted by molar-refractivity contribution is 0.0697. The van der Waals surface area contributed by atoms with Gasteiger partial charge >= 0.3 is 5.97 Å². The van der Waals surface area contributed by atoms with Crippen LogP contribution in [0.4, 0.5) is 5.69 Å². The van der Waals surface area contributed by atoms with Gasteiger partial charge in [-0.1, -0.05) is 35.3 Å². The number of halogens is 2. The Hall–Kier alpha value is -1.76. The Kier molecular flexibility index (Phi) is 5.19. The molecule has 0 heterocycles. The van der Waals surface area contributed by atoms with E-state index >= 15 is 0 Å². The van der Waals surface area contributed by atoms with Gasteiger partial charge in [-0.25, -0.2) is 13.2 Å². The Labute approximate surface area is 144 Å². The monoisotopic (exact) mass is 373 g/mol. The first kappa shape index (κ1) is 17.6. The van der Waals surface area contributed by atoms with Crippen LogP contribution in [0.5, 0.6) is 0 Å². The number of carboxylic acid groups (broad SMARTS) is 1. The summed E-state index contributed by atoms with van der Waals surface area (Å²) in [6.45, 7) is 0.0371. The first-order valence-electron chi connectivity index (χ1n) is 6.43. The lowest BCUT2D eigenvalue weighted by atomic mass is 10.1. The fraction of sp³-hybridized carbons (Fsp3) is 0.133. The van der Waals surface area contributed by atoms with Gasteiger partial charge in [0.05, 0.1) is 24.1 Å². The molecule has 0 saturated heterocycles. The summed E-state index contributed by atoms with van der Waals surface area (Å²) in [4.78, 5) is 10.9. The number of sulfonamides is 1. The third-order valence-corrected chi connectivity index (χ3v) is 4.64. The summed E-state index contributed by atoms with van der Waals surface area (Å²) < 4.78 is 25.3. The first-order valence-corrected chi connectivity index (χ1v) is 9.03. The van der Waals surface area contributed by atoms with Gasteiger partial charge in [-0.2, -0.15) is 0 Å². The molecule has 2 rings (SSSR count). The standard InChI is InChI=1S/C15H13Cl2NO4S/c1-23(21,22)18(14-7-12(16)6-13(17)8-14)9-10-2-4-11(5-3-10)15(19)20/h2-8H,9H2,1H3,(H,19,20). The molecule has 0 unspecified atom stereocenters. The summed E-state index contributed by atoms with van der Waals surface area (Å²) >= 11 is 11.9. The molecular formula is C15H13Cl2NO4S. The smallest absolute Gasteiger partial charge is 0.335 e. The maximum Gasteiger partial charge on any atom is 0.335 e. The van der Waals surface area contributed by atoms with Crippen LogP contribution in [0.1, 0.15) is 15.9 Å². The van der Waals surface area contributed by atoms with Gasteiger partial charge in [0.1, 0.15) is 0 Å². The minimum atomic E-state index is -3.58. The van der Waals surface area contributed by atoms with Crippen LogP contribution in [-0.4, -0.2) is 25.7 Å². The highest BCUT2D eigenvalue weighted by atomic mass is 35.5. The van der Waals surface area contributed by atoms with E-state index in [4.69, 9.17) is 28.3 Å². The number of carbonyl (C=O) groups is 1. The van der Waals surface area contributed by atoms with Crippen LogP contribution in [0.15, 0.2) is 42.5 Å². The Morgan fingerprint density at radius 1 is 1.09 bits per heavy atom. The van der Waals surface area contributed by atoms with Crippen molar-refractivity contribution >= 4 is 44.9 Å². The Morgan fingerprint density at radius 2 is 1.61 bits per heavy atom. The van der Waals surface area contributed by atoms with Crippen LogP contribution in [0.25, 0.3) is 0 Å². The zero-order chi connectivity index (χ0) is 17.2. The van der Waals surface area contributed by atoms with Crippen molar-refractivity contribution in [2.45, 2.75) is 6.54 Å². The van der Waals surface area contributed by atoms with E-state index in [9.17, 15) is 13.2 Å². The van der Waals surface area contributed by atoms with Gasteiger partial charge in [0.2, 0.25) is 10.0 Å². The summed E-state index contributed by atoms with van der Waals surface area (Å²) in [5.74, 6) is -1.04. The van der Waals surface area contributed by atoms with E-state index < -0.39 is 16.0 Å². The molecule has 5 nitrogen and oxygen atoms in total. The van der Waals surface area contributed by atoms with Gasteiger partial charge in [0.15, 0.2) is 0 Å². The topological polar surface area (TPSA) is 74.7 Å². The van der Waals surface area contributed by atoms with Gasteiger partial charge in [-0.15, -0.1) is 0 Å². The average molecular weight is 374 g/mol. The molecule has 0 aliphatic rings. The third-order valence-electron chi connectivity index (χ3n) is 3.06. The van der Waals surface area contributed by atoms with E-state index in [0.717, 1.165) is 10.6 Å². The molecule has 8 heteroatoms. The molecule has 0 fully saturated rings. The molecule has 2 aromatic rings. The fourth-order valence-corrected chi connectivity index (χ4v) is 3.39. The van der Waals surface area contributed by atoms with Crippen molar-refractivity contribution in [3.05, 3.63) is 63.6 Å². The van der Waals surface area contributed by atoms with E-state index in [1.54, 1.807) is 12.1 Å². The van der Waals surface area contributed by atoms with Gasteiger partial charge < -0.3 is 5.11 Å². The summed E-state index contributed by atoms with van der Waals surface area (Å²) in [5, 5.41) is 9.53. The Balaban J connectivity index is 2.38. The zero-order valence-electron chi connectivity index (χ0n) is 12.0. The van der Waals surface area contributed by atoms with Crippen LogP contribution in [-0.2, 0) is 16.6 Å². The number of rotatable bonds is 5. The highest BCUT2D eigenvalue weighted by molar-refractivity contribution is 7.92. The fourth-order valence-electron chi connectivity index (χ4n) is 2.00. The molecule has 0 radical (unpaired) electrons. The normalized spacial score (nSPS) is 11.3. The van der Waals surface area contributed by atoms with Crippen LogP contribution in [0.2, 0.25) is 10.0 Å². The van der Waals surface area contributed by atoms with Gasteiger partial charge in [-0.3, -0.25) is 4.31 Å². The molecule has 0 atom stereocenters. The second-order valence-corrected chi connectivity index (χ2v) is 7.68. The van der Waals surface area contributed by atoms with Gasteiger partial charge in [0.25, 0.3) is 0 Å². The van der Waals surface area contributed by atoms with Crippen molar-refractivity contribution in [1.29, 1.82) is 0 Å². The van der Waals surface area contributed by atoms with Crippen molar-refractivity contribution in [1.82, 2.24) is 0 Å². The number of benzene rings is 2. The zero-order valence-corrected chi connectivity index (χ0v) is 14.4. The molecule has 23 heavy (non-hydrogen) atoms. The van der Waals surface area contributed by atoms with Crippen LogP contribution < -0.4 is 4.31 Å². The Bertz CT molecular complexity index is 815. The number of hydrogen-bond donors (Lipinski definition) is 1. The second-order valence-electron chi connectivity index (χ2n) is 4.90. The first-order chi connectivity index (χ1) is 10.7. The average Bonchev–Trinajstić information content (AvgIpc) is 2.42. The van der Waals surface area contributed by atoms with Gasteiger partial charge in [-0.05, 0) is 35.9 Å². The molecule has 0 aliphatic heterocycles. The van der Waals surface area contributed by atoms with Crippen LogP contribution in [0.3, 0.4) is 0 Å². The molecule has 1 N–H and O–H groups in total. The molecule has 0 aliphatic carbocycles. The van der Waals surface area contributed by atoms with Crippen molar-refractivity contribution in [2.24, 2.45) is 0 Å². The van der Waals surface area contributed by atoms with Gasteiger partial charge in [0, 0.05) is 10.0 Å². The lowest BCUT2D eigenvalue weighted by Crippen LogP contribution is -2.29. The summed E-state index contributed by atoms with van der Waals surface area (Å²) in [5.41, 5.74) is 1.11. The van der Waals surface area contributed by atoms with Crippen molar-refractivity contribution < 1.29 is 18.3 Å². The highest BCUT2D eigenvalue weighted by Gasteiger charge is 2.19. The number of aromatic carboxylic acids is 1. The maximum absolute atomic E-state index is 12.1. The van der Waals surface area contributed by atoms with E-state index in [1.807, 2.05) is 0 Å². The summed E-state index contributed by atoms with van der Waals surface area (Å²) in [7, 11) is -3.58. The minimum absolute atomic E-state index is 0.0371. The summed E-state index contributed by atoms with van der Waals surface area (Å²) in [6.07, 6.45) is 1.08. The SMILES string of the molecule is CS(=O)(=O)N(Cc1ccc(C(=O)O)cc1)c1cc(Cl)cc(Cl)c1. The molecule has 2 aromatic carbocycles. The molecule has 0 amide bonds. The van der Waals surface area contributed by atoms with Crippen LogP contribution in [0, 0.1) is 0 Å². The van der Waals surface area contributed by atoms with Crippen molar-refractivity contribution in [3.63, 3.8) is 0 Å².